The van der Waals surface area contributed by atoms with Gasteiger partial charge in [0.15, 0.2) is 0 Å². The number of hydrogen-bond donors (Lipinski definition) is 2. The van der Waals surface area contributed by atoms with Crippen molar-refractivity contribution in [1.82, 2.24) is 10.3 Å². The van der Waals surface area contributed by atoms with E-state index in [1.54, 1.807) is 37.6 Å². The van der Waals surface area contributed by atoms with Crippen LogP contribution in [-0.4, -0.2) is 18.1 Å². The molecule has 0 radical (unpaired) electrons. The van der Waals surface area contributed by atoms with Crippen LogP contribution < -0.4 is 15.4 Å². The number of ether oxygens (including phenoxy) is 1. The summed E-state index contributed by atoms with van der Waals surface area (Å²) in [4.78, 5) is 16.6. The van der Waals surface area contributed by atoms with Gasteiger partial charge >= 0.3 is 6.03 Å². The van der Waals surface area contributed by atoms with Gasteiger partial charge < -0.3 is 15.4 Å². The van der Waals surface area contributed by atoms with Gasteiger partial charge in [-0.3, -0.25) is 4.98 Å². The van der Waals surface area contributed by atoms with Crippen LogP contribution in [0.3, 0.4) is 0 Å². The van der Waals surface area contributed by atoms with Crippen molar-refractivity contribution in [2.45, 2.75) is 6.54 Å². The van der Waals surface area contributed by atoms with Crippen molar-refractivity contribution in [3.63, 3.8) is 0 Å². The van der Waals surface area contributed by atoms with E-state index in [9.17, 15) is 4.79 Å². The summed E-state index contributed by atoms with van der Waals surface area (Å²) in [7, 11) is 1.61. The highest BCUT2D eigenvalue weighted by atomic mass is 16.5. The Hall–Kier alpha value is -3.86. The van der Waals surface area contributed by atoms with Crippen LogP contribution >= 0.6 is 0 Å². The van der Waals surface area contributed by atoms with Gasteiger partial charge in [0, 0.05) is 30.0 Å². The van der Waals surface area contributed by atoms with Crippen molar-refractivity contribution in [2.75, 3.05) is 12.4 Å². The molecular formula is C24H21N3O2. The van der Waals surface area contributed by atoms with Gasteiger partial charge in [0.1, 0.15) is 5.75 Å². The molecule has 0 aliphatic rings. The molecule has 29 heavy (non-hydrogen) atoms. The fourth-order valence-electron chi connectivity index (χ4n) is 3.30. The zero-order valence-corrected chi connectivity index (χ0v) is 16.1. The smallest absolute Gasteiger partial charge is 0.319 e. The molecule has 4 aromatic rings. The lowest BCUT2D eigenvalue weighted by Crippen LogP contribution is -2.28. The molecule has 0 atom stereocenters. The van der Waals surface area contributed by atoms with Gasteiger partial charge in [-0.2, -0.15) is 0 Å². The Balaban J connectivity index is 1.52. The quantitative estimate of drug-likeness (QED) is 0.496. The number of benzene rings is 3. The molecule has 3 aromatic carbocycles. The number of urea groups is 1. The second-order valence-corrected chi connectivity index (χ2v) is 6.60. The molecule has 1 aromatic heterocycles. The summed E-state index contributed by atoms with van der Waals surface area (Å²) in [6.45, 7) is 0.402. The first-order valence-electron chi connectivity index (χ1n) is 9.34. The van der Waals surface area contributed by atoms with Crippen LogP contribution in [0, 0.1) is 0 Å². The third-order valence-corrected chi connectivity index (χ3v) is 4.78. The summed E-state index contributed by atoms with van der Waals surface area (Å²) in [5, 5.41) is 7.88. The third-order valence-electron chi connectivity index (χ3n) is 4.78. The lowest BCUT2D eigenvalue weighted by atomic mass is 9.96. The largest absolute Gasteiger partial charge is 0.497 e. The molecule has 0 bridgehead atoms. The molecule has 144 valence electrons. The minimum Gasteiger partial charge on any atom is -0.497 e. The molecule has 5 heteroatoms. The van der Waals surface area contributed by atoms with Crippen LogP contribution in [0.1, 0.15) is 5.56 Å². The molecule has 0 unspecified atom stereocenters. The molecule has 2 N–H and O–H groups in total. The molecule has 0 aliphatic heterocycles. The van der Waals surface area contributed by atoms with Crippen molar-refractivity contribution >= 4 is 22.5 Å². The molecule has 4 rings (SSSR count). The van der Waals surface area contributed by atoms with Gasteiger partial charge in [0.25, 0.3) is 0 Å². The fourth-order valence-corrected chi connectivity index (χ4v) is 3.30. The number of rotatable bonds is 5. The molecule has 1 heterocycles. The van der Waals surface area contributed by atoms with Crippen LogP contribution in [0.2, 0.25) is 0 Å². The van der Waals surface area contributed by atoms with E-state index in [0.29, 0.717) is 12.2 Å². The zero-order valence-electron chi connectivity index (χ0n) is 16.1. The number of anilines is 1. The van der Waals surface area contributed by atoms with E-state index in [0.717, 1.165) is 33.2 Å². The summed E-state index contributed by atoms with van der Waals surface area (Å²) >= 11 is 0. The maximum atomic E-state index is 12.3. The van der Waals surface area contributed by atoms with Crippen molar-refractivity contribution in [2.24, 2.45) is 0 Å². The van der Waals surface area contributed by atoms with E-state index in [2.05, 4.69) is 33.8 Å². The molecule has 0 saturated heterocycles. The molecule has 0 fully saturated rings. The summed E-state index contributed by atoms with van der Waals surface area (Å²) in [6, 6.07) is 23.3. The average Bonchev–Trinajstić information content (AvgIpc) is 2.78. The Kier molecular flexibility index (Phi) is 5.38. The number of methoxy groups -OCH3 is 1. The van der Waals surface area contributed by atoms with Gasteiger partial charge in [0.05, 0.1) is 7.11 Å². The van der Waals surface area contributed by atoms with Crippen molar-refractivity contribution in [3.8, 4) is 16.9 Å². The second-order valence-electron chi connectivity index (χ2n) is 6.60. The monoisotopic (exact) mass is 383 g/mol. The maximum Gasteiger partial charge on any atom is 0.319 e. The number of hydrogen-bond acceptors (Lipinski definition) is 3. The lowest BCUT2D eigenvalue weighted by Gasteiger charge is -2.13. The zero-order chi connectivity index (χ0) is 20.1. The topological polar surface area (TPSA) is 63.2 Å². The number of pyridine rings is 1. The van der Waals surface area contributed by atoms with Gasteiger partial charge in [-0.1, -0.05) is 42.5 Å². The van der Waals surface area contributed by atoms with E-state index in [1.807, 2.05) is 36.5 Å². The Labute approximate surface area is 169 Å². The molecule has 2 amide bonds. The summed E-state index contributed by atoms with van der Waals surface area (Å²) in [6.07, 6.45) is 3.64. The predicted octanol–water partition coefficient (Wildman–Crippen LogP) is 5.23. The van der Waals surface area contributed by atoms with Crippen molar-refractivity contribution in [3.05, 3.63) is 90.8 Å². The summed E-state index contributed by atoms with van der Waals surface area (Å²) in [5.74, 6) is 0.744. The number of carbonyl (C=O) groups is 1. The number of aromatic nitrogens is 1. The minimum atomic E-state index is -0.264. The first kappa shape index (κ1) is 18.5. The number of amides is 2. The summed E-state index contributed by atoms with van der Waals surface area (Å²) < 4.78 is 5.13. The first-order chi connectivity index (χ1) is 14.2. The highest BCUT2D eigenvalue weighted by molar-refractivity contribution is 5.98. The SMILES string of the molecule is COc1ccc(NC(=O)NCc2ccc(-c3ccccc3)c3ccncc23)cc1. The van der Waals surface area contributed by atoms with E-state index in [1.165, 1.54) is 0 Å². The van der Waals surface area contributed by atoms with Crippen LogP contribution in [-0.2, 0) is 6.54 Å². The van der Waals surface area contributed by atoms with Crippen LogP contribution in [0.4, 0.5) is 10.5 Å². The fraction of sp³-hybridized carbons (Fsp3) is 0.0833. The van der Waals surface area contributed by atoms with Gasteiger partial charge in [-0.25, -0.2) is 4.79 Å². The van der Waals surface area contributed by atoms with Crippen LogP contribution in [0.25, 0.3) is 21.9 Å². The standard InChI is InChI=1S/C24H21N3O2/c1-29-20-10-8-19(9-11-20)27-24(28)26-15-18-7-12-21(17-5-3-2-4-6-17)22-13-14-25-16-23(18)22/h2-14,16H,15H2,1H3,(H2,26,27,28). The number of nitrogens with zero attached hydrogens (tertiary/aromatic N) is 1. The van der Waals surface area contributed by atoms with E-state index in [-0.39, 0.29) is 6.03 Å². The average molecular weight is 383 g/mol. The number of nitrogens with one attached hydrogen (secondary N) is 2. The predicted molar refractivity (Wildman–Crippen MR) is 116 cm³/mol. The minimum absolute atomic E-state index is 0.264. The van der Waals surface area contributed by atoms with Crippen molar-refractivity contribution in [1.29, 1.82) is 0 Å². The normalized spacial score (nSPS) is 10.5. The second kappa shape index (κ2) is 8.44. The van der Waals surface area contributed by atoms with E-state index >= 15 is 0 Å². The molecule has 0 saturated carbocycles. The van der Waals surface area contributed by atoms with E-state index < -0.39 is 0 Å². The highest BCUT2D eigenvalue weighted by Crippen LogP contribution is 2.30. The van der Waals surface area contributed by atoms with E-state index in [4.69, 9.17) is 4.74 Å². The first-order valence-corrected chi connectivity index (χ1v) is 9.34. The van der Waals surface area contributed by atoms with Gasteiger partial charge in [0.2, 0.25) is 0 Å². The molecule has 0 spiro atoms. The van der Waals surface area contributed by atoms with Crippen LogP contribution in [0.5, 0.6) is 5.75 Å². The molecule has 5 nitrogen and oxygen atoms in total. The molecule has 0 aliphatic carbocycles. The lowest BCUT2D eigenvalue weighted by molar-refractivity contribution is 0.252. The van der Waals surface area contributed by atoms with Crippen molar-refractivity contribution < 1.29 is 9.53 Å². The Bertz CT molecular complexity index is 1130. The number of carbonyl (C=O) groups excluding carboxylic acids is 1. The third kappa shape index (κ3) is 4.19. The highest BCUT2D eigenvalue weighted by Gasteiger charge is 2.09. The number of fused-ring (bicyclic) bond motifs is 1. The van der Waals surface area contributed by atoms with Gasteiger partial charge in [-0.05, 0) is 52.4 Å². The Morgan fingerprint density at radius 3 is 2.48 bits per heavy atom. The Morgan fingerprint density at radius 2 is 1.72 bits per heavy atom. The Morgan fingerprint density at radius 1 is 0.931 bits per heavy atom. The maximum absolute atomic E-state index is 12.3. The summed E-state index contributed by atoms with van der Waals surface area (Å²) in [5.41, 5.74) is 4.02. The van der Waals surface area contributed by atoms with Crippen LogP contribution in [0.15, 0.2) is 85.2 Å². The van der Waals surface area contributed by atoms with Gasteiger partial charge in [-0.15, -0.1) is 0 Å². The molecular weight excluding hydrogens is 362 g/mol.